The van der Waals surface area contributed by atoms with Crippen LogP contribution in [-0.2, 0) is 0 Å². The van der Waals surface area contributed by atoms with Crippen LogP contribution in [0.2, 0.25) is 0 Å². The third-order valence-corrected chi connectivity index (χ3v) is 5.91. The van der Waals surface area contributed by atoms with Gasteiger partial charge in [0, 0.05) is 16.7 Å². The van der Waals surface area contributed by atoms with Gasteiger partial charge in [-0.15, -0.1) is 16.4 Å². The summed E-state index contributed by atoms with van der Waals surface area (Å²) in [6.45, 7) is 8.61. The number of thiophene rings is 1. The van der Waals surface area contributed by atoms with Crippen LogP contribution in [0, 0.1) is 13.8 Å². The van der Waals surface area contributed by atoms with Crippen molar-refractivity contribution in [2.45, 2.75) is 32.4 Å². The van der Waals surface area contributed by atoms with Crippen molar-refractivity contribution in [3.8, 4) is 0 Å². The fraction of sp³-hybridized carbons (Fsp3) is 0.500. The van der Waals surface area contributed by atoms with E-state index in [1.54, 1.807) is 11.8 Å². The lowest BCUT2D eigenvalue weighted by Gasteiger charge is -2.22. The van der Waals surface area contributed by atoms with Gasteiger partial charge in [0.05, 0.1) is 11.4 Å². The molecule has 0 radical (unpaired) electrons. The fourth-order valence-electron chi connectivity index (χ4n) is 1.85. The van der Waals surface area contributed by atoms with Crippen LogP contribution in [0.1, 0.15) is 34.8 Å². The first-order valence-electron chi connectivity index (χ1n) is 6.62. The molecule has 0 fully saturated rings. The van der Waals surface area contributed by atoms with E-state index in [4.69, 9.17) is 5.73 Å². The summed E-state index contributed by atoms with van der Waals surface area (Å²) in [4.78, 5) is 13.6. The molecule has 0 saturated carbocycles. The zero-order chi connectivity index (χ0) is 15.8. The Morgan fingerprint density at radius 2 is 2.05 bits per heavy atom. The molecule has 5 nitrogen and oxygen atoms in total. The minimum atomic E-state index is -0.144. The molecule has 0 bridgehead atoms. The highest BCUT2D eigenvalue weighted by Gasteiger charge is 2.22. The Morgan fingerprint density at radius 1 is 1.38 bits per heavy atom. The van der Waals surface area contributed by atoms with Crippen molar-refractivity contribution in [3.63, 3.8) is 0 Å². The maximum atomic E-state index is 12.4. The summed E-state index contributed by atoms with van der Waals surface area (Å²) in [7, 11) is 0. The Labute approximate surface area is 132 Å². The molecule has 2 aromatic heterocycles. The highest BCUT2D eigenvalue weighted by molar-refractivity contribution is 7.99. The predicted molar refractivity (Wildman–Crippen MR) is 91.2 cm³/mol. The molecular weight excluding hydrogens is 304 g/mol. The Kier molecular flexibility index (Phi) is 4.43. The van der Waals surface area contributed by atoms with Gasteiger partial charge >= 0.3 is 0 Å². The number of carbonyl (C=O) groups excluding carboxylic acids is 1. The molecule has 3 N–H and O–H groups in total. The first-order valence-corrected chi connectivity index (χ1v) is 8.66. The van der Waals surface area contributed by atoms with Gasteiger partial charge in [-0.3, -0.25) is 4.79 Å². The minimum Gasteiger partial charge on any atom is -0.397 e. The first-order chi connectivity index (χ1) is 9.76. The van der Waals surface area contributed by atoms with Gasteiger partial charge in [-0.05, 0) is 39.5 Å². The second kappa shape index (κ2) is 5.81. The van der Waals surface area contributed by atoms with E-state index in [0.29, 0.717) is 21.9 Å². The van der Waals surface area contributed by atoms with Crippen LogP contribution in [0.4, 0.5) is 5.69 Å². The summed E-state index contributed by atoms with van der Waals surface area (Å²) in [6, 6.07) is 0. The second-order valence-corrected chi connectivity index (χ2v) is 8.09. The Morgan fingerprint density at radius 3 is 2.67 bits per heavy atom. The van der Waals surface area contributed by atoms with Crippen LogP contribution in [0.3, 0.4) is 0 Å². The third kappa shape index (κ3) is 3.13. The van der Waals surface area contributed by atoms with Crippen molar-refractivity contribution in [2.24, 2.45) is 0 Å². The predicted octanol–water partition coefficient (Wildman–Crippen LogP) is 2.76. The van der Waals surface area contributed by atoms with Gasteiger partial charge in [-0.2, -0.15) is 16.9 Å². The molecule has 0 aromatic carbocycles. The Hall–Kier alpha value is -1.34. The van der Waals surface area contributed by atoms with E-state index in [-0.39, 0.29) is 10.7 Å². The molecule has 0 aliphatic rings. The lowest BCUT2D eigenvalue weighted by Crippen LogP contribution is -2.35. The topological polar surface area (TPSA) is 80.9 Å². The van der Waals surface area contributed by atoms with E-state index in [1.807, 2.05) is 20.1 Å². The molecule has 7 heteroatoms. The number of nitrogens with two attached hydrogens (primary N) is 1. The molecule has 0 atom stereocenters. The summed E-state index contributed by atoms with van der Waals surface area (Å²) in [6.07, 6.45) is 2.03. The highest BCUT2D eigenvalue weighted by Crippen LogP contribution is 2.34. The number of aryl methyl sites for hydroxylation is 2. The number of fused-ring (bicyclic) bond motifs is 1. The maximum Gasteiger partial charge on any atom is 0.263 e. The largest absolute Gasteiger partial charge is 0.397 e. The SMILES string of the molecule is CSC(C)(C)CNC(=O)c1sc2nnc(C)c(C)c2c1N. The van der Waals surface area contributed by atoms with Gasteiger partial charge in [0.2, 0.25) is 0 Å². The normalized spacial score (nSPS) is 11.9. The number of carbonyl (C=O) groups is 1. The van der Waals surface area contributed by atoms with Crippen molar-refractivity contribution < 1.29 is 4.79 Å². The van der Waals surface area contributed by atoms with E-state index >= 15 is 0 Å². The van der Waals surface area contributed by atoms with Crippen LogP contribution in [0.15, 0.2) is 0 Å². The lowest BCUT2D eigenvalue weighted by atomic mass is 10.1. The van der Waals surface area contributed by atoms with Crippen LogP contribution in [0.25, 0.3) is 10.2 Å². The molecule has 0 saturated heterocycles. The molecule has 2 aromatic rings. The lowest BCUT2D eigenvalue weighted by molar-refractivity contribution is 0.0955. The average molecular weight is 324 g/mol. The molecule has 0 aliphatic heterocycles. The van der Waals surface area contributed by atoms with Crippen molar-refractivity contribution in [1.29, 1.82) is 0 Å². The molecule has 114 valence electrons. The molecule has 2 heterocycles. The molecule has 21 heavy (non-hydrogen) atoms. The van der Waals surface area contributed by atoms with Crippen LogP contribution >= 0.6 is 23.1 Å². The molecule has 2 rings (SSSR count). The van der Waals surface area contributed by atoms with E-state index in [0.717, 1.165) is 16.6 Å². The summed E-state index contributed by atoms with van der Waals surface area (Å²) >= 11 is 3.01. The minimum absolute atomic E-state index is 0.00653. The van der Waals surface area contributed by atoms with E-state index in [1.165, 1.54) is 11.3 Å². The summed E-state index contributed by atoms with van der Waals surface area (Å²) in [5.74, 6) is -0.144. The second-order valence-electron chi connectivity index (χ2n) is 5.58. The average Bonchev–Trinajstić information content (AvgIpc) is 2.78. The molecule has 1 amide bonds. The number of hydrogen-bond acceptors (Lipinski definition) is 6. The zero-order valence-electron chi connectivity index (χ0n) is 12.9. The number of hydrogen-bond donors (Lipinski definition) is 2. The number of aromatic nitrogens is 2. The Balaban J connectivity index is 2.33. The van der Waals surface area contributed by atoms with Crippen molar-refractivity contribution in [3.05, 3.63) is 16.1 Å². The van der Waals surface area contributed by atoms with Crippen molar-refractivity contribution in [1.82, 2.24) is 15.5 Å². The number of anilines is 1. The number of amides is 1. The standard InChI is InChI=1S/C14H20N4OS2/c1-7-8(2)17-18-13-9(7)10(15)11(21-13)12(19)16-6-14(3,4)20-5/h6,15H2,1-5H3,(H,16,19). The number of rotatable bonds is 4. The van der Waals surface area contributed by atoms with Gasteiger partial charge in [0.25, 0.3) is 5.91 Å². The van der Waals surface area contributed by atoms with Crippen molar-refractivity contribution >= 4 is 44.9 Å². The van der Waals surface area contributed by atoms with Crippen LogP contribution in [0.5, 0.6) is 0 Å². The molecule has 0 aliphatic carbocycles. The number of nitrogens with zero attached hydrogens (tertiary/aromatic N) is 2. The number of nitrogens with one attached hydrogen (secondary N) is 1. The van der Waals surface area contributed by atoms with E-state index < -0.39 is 0 Å². The quantitative estimate of drug-likeness (QED) is 0.904. The molecular formula is C14H20N4OS2. The van der Waals surface area contributed by atoms with Gasteiger partial charge in [0.15, 0.2) is 0 Å². The maximum absolute atomic E-state index is 12.4. The van der Waals surface area contributed by atoms with Crippen LogP contribution in [-0.4, -0.2) is 33.7 Å². The highest BCUT2D eigenvalue weighted by atomic mass is 32.2. The zero-order valence-corrected chi connectivity index (χ0v) is 14.5. The molecule has 0 unspecified atom stereocenters. The summed E-state index contributed by atoms with van der Waals surface area (Å²) < 4.78 is -0.00653. The van der Waals surface area contributed by atoms with Gasteiger partial charge < -0.3 is 11.1 Å². The number of thioether (sulfide) groups is 1. The summed E-state index contributed by atoms with van der Waals surface area (Å²) in [5, 5.41) is 12.0. The third-order valence-electron chi connectivity index (χ3n) is 3.57. The van der Waals surface area contributed by atoms with E-state index in [9.17, 15) is 4.79 Å². The fourth-order valence-corrected chi connectivity index (χ4v) is 3.09. The number of nitrogen functional groups attached to an aromatic ring is 1. The smallest absolute Gasteiger partial charge is 0.263 e. The van der Waals surface area contributed by atoms with Gasteiger partial charge in [-0.25, -0.2) is 0 Å². The summed E-state index contributed by atoms with van der Waals surface area (Å²) in [5.41, 5.74) is 8.48. The monoisotopic (exact) mass is 324 g/mol. The van der Waals surface area contributed by atoms with E-state index in [2.05, 4.69) is 29.4 Å². The first kappa shape index (κ1) is 16.0. The van der Waals surface area contributed by atoms with Crippen LogP contribution < -0.4 is 11.1 Å². The van der Waals surface area contributed by atoms with Gasteiger partial charge in [0.1, 0.15) is 9.71 Å². The Bertz CT molecular complexity index is 694. The molecule has 0 spiro atoms. The van der Waals surface area contributed by atoms with Crippen molar-refractivity contribution in [2.75, 3.05) is 18.5 Å². The van der Waals surface area contributed by atoms with Gasteiger partial charge in [-0.1, -0.05) is 0 Å².